The van der Waals surface area contributed by atoms with Crippen molar-refractivity contribution >= 4 is 29.5 Å². The molecule has 2 aromatic heterocycles. The summed E-state index contributed by atoms with van der Waals surface area (Å²) in [5, 5.41) is 3.93. The monoisotopic (exact) mass is 452 g/mol. The number of nitrogens with zero attached hydrogens (tertiary/aromatic N) is 4. The van der Waals surface area contributed by atoms with Gasteiger partial charge in [-0.1, -0.05) is 17.7 Å². The maximum Gasteiger partial charge on any atom is 0.435 e. The first kappa shape index (κ1) is 21.0. The Kier molecular flexibility index (Phi) is 5.26. The highest BCUT2D eigenvalue weighted by molar-refractivity contribution is 6.30. The molecule has 3 heterocycles. The molecule has 0 fully saturated rings. The normalized spacial score (nSPS) is 15.8. The molecule has 3 aromatic rings. The summed E-state index contributed by atoms with van der Waals surface area (Å²) in [5.41, 5.74) is 0.00503. The van der Waals surface area contributed by atoms with Gasteiger partial charge in [0, 0.05) is 28.4 Å². The molecule has 0 bridgehead atoms. The van der Waals surface area contributed by atoms with E-state index in [0.717, 1.165) is 10.7 Å². The highest BCUT2D eigenvalue weighted by Gasteiger charge is 2.37. The number of hydrogen-bond acceptors (Lipinski definition) is 5. The first-order chi connectivity index (χ1) is 14.7. The summed E-state index contributed by atoms with van der Waals surface area (Å²) in [7, 11) is 0. The number of aliphatic imine (C=N–C) groups is 1. The number of aldehydes is 1. The minimum absolute atomic E-state index is 0.0206. The third-order valence-corrected chi connectivity index (χ3v) is 4.84. The molecule has 1 aliphatic rings. The van der Waals surface area contributed by atoms with Crippen molar-refractivity contribution < 1.29 is 27.1 Å². The predicted octanol–water partition coefficient (Wildman–Crippen LogP) is 4.79. The molecule has 1 aromatic carbocycles. The lowest BCUT2D eigenvalue weighted by molar-refractivity contribution is -0.141. The number of pyridine rings is 1. The lowest BCUT2D eigenvalue weighted by atomic mass is 10.0. The Morgan fingerprint density at radius 3 is 2.74 bits per heavy atom. The van der Waals surface area contributed by atoms with Crippen LogP contribution in [0.2, 0.25) is 5.02 Å². The van der Waals surface area contributed by atoms with Gasteiger partial charge in [0.05, 0.1) is 12.2 Å². The summed E-state index contributed by atoms with van der Waals surface area (Å²) in [6, 6.07) is 6.68. The number of carbonyl (C=O) groups is 1. The lowest BCUT2D eigenvalue weighted by Crippen LogP contribution is -2.22. The van der Waals surface area contributed by atoms with Gasteiger partial charge in [0.25, 0.3) is 0 Å². The number of benzene rings is 1. The van der Waals surface area contributed by atoms with E-state index in [4.69, 9.17) is 16.3 Å². The van der Waals surface area contributed by atoms with Gasteiger partial charge < -0.3 is 4.74 Å². The van der Waals surface area contributed by atoms with Gasteiger partial charge >= 0.3 is 6.18 Å². The fourth-order valence-corrected chi connectivity index (χ4v) is 3.49. The number of alkyl halides is 3. The number of hydrogen-bond donors (Lipinski definition) is 0. The highest BCUT2D eigenvalue weighted by Crippen LogP contribution is 2.38. The Morgan fingerprint density at radius 1 is 1.29 bits per heavy atom. The van der Waals surface area contributed by atoms with Crippen LogP contribution in [0.1, 0.15) is 34.2 Å². The highest BCUT2D eigenvalue weighted by atomic mass is 35.5. The first-order valence-electron chi connectivity index (χ1n) is 8.93. The molecule has 160 valence electrons. The quantitative estimate of drug-likeness (QED) is 0.324. The smallest absolute Gasteiger partial charge is 0.435 e. The molecular weight excluding hydrogens is 440 g/mol. The number of aromatic nitrogens is 3. The average molecular weight is 453 g/mol. The third-order valence-electron chi connectivity index (χ3n) is 4.62. The molecule has 0 N–H and O–H groups in total. The zero-order valence-electron chi connectivity index (χ0n) is 15.8. The summed E-state index contributed by atoms with van der Waals surface area (Å²) in [4.78, 5) is 19.4. The van der Waals surface area contributed by atoms with Gasteiger partial charge in [-0.05, 0) is 30.7 Å². The summed E-state index contributed by atoms with van der Waals surface area (Å²) >= 11 is 6.04. The number of aryl methyl sites for hydroxylation is 1. The summed E-state index contributed by atoms with van der Waals surface area (Å²) in [6.45, 7) is 1.34. The van der Waals surface area contributed by atoms with E-state index in [0.29, 0.717) is 28.1 Å². The predicted molar refractivity (Wildman–Crippen MR) is 103 cm³/mol. The molecule has 0 saturated heterocycles. The second kappa shape index (κ2) is 7.77. The second-order valence-corrected chi connectivity index (χ2v) is 7.21. The minimum Gasteiger partial charge on any atom is -0.460 e. The lowest BCUT2D eigenvalue weighted by Gasteiger charge is -2.24. The Bertz CT molecular complexity index is 1210. The van der Waals surface area contributed by atoms with Crippen LogP contribution in [-0.4, -0.2) is 26.9 Å². The number of ether oxygens (including phenoxy) is 1. The number of rotatable bonds is 4. The van der Waals surface area contributed by atoms with Crippen LogP contribution in [0.3, 0.4) is 0 Å². The zero-order valence-corrected chi connectivity index (χ0v) is 16.6. The van der Waals surface area contributed by atoms with E-state index in [1.165, 1.54) is 24.4 Å². The van der Waals surface area contributed by atoms with Gasteiger partial charge in [-0.25, -0.2) is 9.98 Å². The number of carbonyl (C=O) groups excluding carboxylic acids is 1. The van der Waals surface area contributed by atoms with Crippen molar-refractivity contribution in [2.24, 2.45) is 4.99 Å². The fourth-order valence-electron chi connectivity index (χ4n) is 3.21. The maximum absolute atomic E-state index is 14.0. The van der Waals surface area contributed by atoms with Crippen LogP contribution in [0.25, 0.3) is 0 Å². The molecule has 1 unspecified atom stereocenters. The van der Waals surface area contributed by atoms with E-state index in [1.807, 2.05) is 0 Å². The topological polar surface area (TPSA) is 69.4 Å². The van der Waals surface area contributed by atoms with Crippen molar-refractivity contribution in [3.05, 3.63) is 75.6 Å². The molecule has 4 rings (SSSR count). The Morgan fingerprint density at radius 2 is 2.06 bits per heavy atom. The van der Waals surface area contributed by atoms with Crippen LogP contribution in [0, 0.1) is 12.9 Å². The van der Waals surface area contributed by atoms with Crippen molar-refractivity contribution in [3.8, 4) is 0 Å². The van der Waals surface area contributed by atoms with Gasteiger partial charge in [0.2, 0.25) is 11.8 Å². The van der Waals surface area contributed by atoms with Crippen molar-refractivity contribution in [2.45, 2.75) is 25.7 Å². The minimum atomic E-state index is -4.76. The van der Waals surface area contributed by atoms with Crippen molar-refractivity contribution in [3.63, 3.8) is 0 Å². The zero-order chi connectivity index (χ0) is 22.3. The van der Waals surface area contributed by atoms with Gasteiger partial charge in [-0.15, -0.1) is 0 Å². The third kappa shape index (κ3) is 4.02. The molecule has 11 heteroatoms. The van der Waals surface area contributed by atoms with E-state index in [-0.39, 0.29) is 23.7 Å². The molecule has 0 saturated carbocycles. The average Bonchev–Trinajstić information content (AvgIpc) is 3.13. The van der Waals surface area contributed by atoms with Gasteiger partial charge in [-0.2, -0.15) is 22.7 Å². The van der Waals surface area contributed by atoms with Crippen molar-refractivity contribution in [2.75, 3.05) is 0 Å². The van der Waals surface area contributed by atoms with Crippen LogP contribution in [-0.2, 0) is 22.3 Å². The van der Waals surface area contributed by atoms with E-state index in [2.05, 4.69) is 15.1 Å². The SMILES string of the molecule is Cc1cc(Cl)cc2c1N=C(c1cc(C(F)(F)F)nn1Cc1cccnc1F)OC2C=O. The molecule has 1 aliphatic heterocycles. The van der Waals surface area contributed by atoms with Crippen molar-refractivity contribution in [1.82, 2.24) is 14.8 Å². The summed E-state index contributed by atoms with van der Waals surface area (Å²) < 4.78 is 60.5. The Hall–Kier alpha value is -3.27. The summed E-state index contributed by atoms with van der Waals surface area (Å²) in [5.74, 6) is -1.09. The Labute approximate surface area is 178 Å². The van der Waals surface area contributed by atoms with Crippen LogP contribution >= 0.6 is 11.6 Å². The van der Waals surface area contributed by atoms with Crippen LogP contribution in [0.4, 0.5) is 23.2 Å². The van der Waals surface area contributed by atoms with Gasteiger partial charge in [0.1, 0.15) is 5.69 Å². The number of halogens is 5. The molecule has 0 amide bonds. The maximum atomic E-state index is 14.0. The van der Waals surface area contributed by atoms with Crippen molar-refractivity contribution in [1.29, 1.82) is 0 Å². The molecule has 0 aliphatic carbocycles. The fraction of sp³-hybridized carbons (Fsp3) is 0.200. The van der Waals surface area contributed by atoms with E-state index in [1.54, 1.807) is 13.0 Å². The van der Waals surface area contributed by atoms with E-state index in [9.17, 15) is 22.4 Å². The van der Waals surface area contributed by atoms with Gasteiger partial charge in [-0.3, -0.25) is 9.48 Å². The molecule has 31 heavy (non-hydrogen) atoms. The molecule has 6 nitrogen and oxygen atoms in total. The largest absolute Gasteiger partial charge is 0.460 e. The summed E-state index contributed by atoms with van der Waals surface area (Å²) in [6.07, 6.45) is -4.17. The molecular formula is C20H13ClF4N4O2. The number of fused-ring (bicyclic) bond motifs is 1. The van der Waals surface area contributed by atoms with E-state index >= 15 is 0 Å². The molecule has 0 radical (unpaired) electrons. The Balaban J connectivity index is 1.86. The second-order valence-electron chi connectivity index (χ2n) is 6.78. The van der Waals surface area contributed by atoms with E-state index < -0.39 is 23.9 Å². The van der Waals surface area contributed by atoms with Crippen LogP contribution in [0.5, 0.6) is 0 Å². The molecule has 0 spiro atoms. The standard InChI is InChI=1S/C20H13ClF4N4O2/c1-10-5-12(21)6-13-15(9-30)31-19(27-17(10)13)14-7-16(20(23,24)25)28-29(14)8-11-3-2-4-26-18(11)22/h2-7,9,15H,8H2,1H3. The van der Waals surface area contributed by atoms with Crippen LogP contribution < -0.4 is 0 Å². The van der Waals surface area contributed by atoms with Gasteiger partial charge in [0.15, 0.2) is 18.1 Å². The molecule has 1 atom stereocenters. The first-order valence-corrected chi connectivity index (χ1v) is 9.30. The van der Waals surface area contributed by atoms with Crippen LogP contribution in [0.15, 0.2) is 41.5 Å².